The fraction of sp³-hybridized carbons (Fsp3) is 0.926. The van der Waals surface area contributed by atoms with Crippen LogP contribution in [-0.2, 0) is 76.4 Å². The summed E-state index contributed by atoms with van der Waals surface area (Å²) in [5, 5.41) is 5.41. The Labute approximate surface area is 459 Å². The highest BCUT2D eigenvalue weighted by molar-refractivity contribution is 5.68. The number of carbonyl (C=O) groups is 4. The lowest BCUT2D eigenvalue weighted by molar-refractivity contribution is -0.577. The number of alkyl carbamates (subject to hydrolysis) is 2. The highest BCUT2D eigenvalue weighted by Gasteiger charge is 2.71. The van der Waals surface area contributed by atoms with Gasteiger partial charge in [-0.25, -0.2) is 38.7 Å². The van der Waals surface area contributed by atoms with Gasteiger partial charge < -0.3 is 77.3 Å². The van der Waals surface area contributed by atoms with Crippen molar-refractivity contribution in [2.75, 3.05) is 106 Å². The number of carbonyl (C=O) groups excluding carboxylic acids is 4. The minimum Gasteiger partial charge on any atom is -0.453 e. The van der Waals surface area contributed by atoms with E-state index in [2.05, 4.69) is 38.3 Å². The number of nitrogens with zero attached hydrogens (tertiary/aromatic N) is 2. The van der Waals surface area contributed by atoms with Crippen LogP contribution in [0.15, 0.2) is 0 Å². The van der Waals surface area contributed by atoms with E-state index < -0.39 is 72.3 Å². The molecule has 10 aliphatic rings. The molecular formula is C54H90N4O20. The van der Waals surface area contributed by atoms with E-state index in [0.717, 1.165) is 51.4 Å². The maximum atomic E-state index is 12.6. The van der Waals surface area contributed by atoms with E-state index >= 15 is 0 Å². The SMILES string of the molecule is COC(=O)N(CCCCN(CCCNC(=O)OCCOCCO[C@H]1O[C@@H]2O[C@@]3(C)CC[C@H]4[C@H](C)CC[C@@H]([C@H]1C)[C@@]24OO3)C(=O)OC)CCCNC(=O)OCCOCCO[C@H]1O[C@@H]2O[C@@]3(C)CC[C@H]4[C@H](C)CC[C@@H]([C@H]1C)[C@@]24OO3. The quantitative estimate of drug-likeness (QED) is 0.0498. The van der Waals surface area contributed by atoms with Crippen molar-refractivity contribution in [2.24, 2.45) is 47.3 Å². The second-order valence-corrected chi connectivity index (χ2v) is 23.0. The van der Waals surface area contributed by atoms with E-state index in [1.54, 1.807) is 9.80 Å². The minimum absolute atomic E-state index is 0.0510. The number of hydrogen-bond acceptors (Lipinski definition) is 20. The average molecular weight is 1120 g/mol. The van der Waals surface area contributed by atoms with Gasteiger partial charge in [-0.3, -0.25) is 0 Å². The third kappa shape index (κ3) is 13.9. The molecule has 446 valence electrons. The molecule has 4 bridgehead atoms. The van der Waals surface area contributed by atoms with Gasteiger partial charge in [0.2, 0.25) is 11.6 Å². The van der Waals surface area contributed by atoms with Crippen LogP contribution in [0.2, 0.25) is 0 Å². The van der Waals surface area contributed by atoms with Crippen LogP contribution < -0.4 is 10.6 Å². The molecule has 10 fully saturated rings. The summed E-state index contributed by atoms with van der Waals surface area (Å²) in [6.07, 6.45) is 5.35. The average Bonchev–Trinajstić information content (AvgIpc) is 3.91. The molecule has 4 amide bonds. The van der Waals surface area contributed by atoms with Gasteiger partial charge in [-0.05, 0) is 102 Å². The van der Waals surface area contributed by atoms with Crippen molar-refractivity contribution >= 4 is 24.4 Å². The Hall–Kier alpha value is -3.40. The zero-order valence-electron chi connectivity index (χ0n) is 47.4. The van der Waals surface area contributed by atoms with Gasteiger partial charge in [-0.15, -0.1) is 0 Å². The molecule has 2 spiro atoms. The van der Waals surface area contributed by atoms with Gasteiger partial charge >= 0.3 is 24.4 Å². The van der Waals surface area contributed by atoms with E-state index in [1.165, 1.54) is 14.2 Å². The summed E-state index contributed by atoms with van der Waals surface area (Å²) in [5.41, 5.74) is -1.29. The Balaban J connectivity index is 0.621. The predicted molar refractivity (Wildman–Crippen MR) is 272 cm³/mol. The molecule has 2 aliphatic carbocycles. The first-order valence-corrected chi connectivity index (χ1v) is 28.8. The van der Waals surface area contributed by atoms with E-state index in [9.17, 15) is 19.2 Å². The molecule has 10 rings (SSSR count). The number of ether oxygens (including phenoxy) is 12. The molecule has 8 saturated heterocycles. The van der Waals surface area contributed by atoms with Crippen LogP contribution in [0.5, 0.6) is 0 Å². The van der Waals surface area contributed by atoms with Crippen LogP contribution in [0.1, 0.15) is 119 Å². The fourth-order valence-corrected chi connectivity index (χ4v) is 13.6. The summed E-state index contributed by atoms with van der Waals surface area (Å²) in [7, 11) is 2.62. The Kier molecular flexibility index (Phi) is 21.5. The maximum Gasteiger partial charge on any atom is 0.409 e. The Morgan fingerprint density at radius 1 is 0.500 bits per heavy atom. The zero-order valence-corrected chi connectivity index (χ0v) is 47.4. The monoisotopic (exact) mass is 1110 g/mol. The lowest BCUT2D eigenvalue weighted by Gasteiger charge is -2.60. The van der Waals surface area contributed by atoms with Crippen molar-refractivity contribution in [1.29, 1.82) is 0 Å². The van der Waals surface area contributed by atoms with Gasteiger partial charge in [0.1, 0.15) is 13.2 Å². The zero-order chi connectivity index (χ0) is 55.5. The second kappa shape index (κ2) is 27.6. The van der Waals surface area contributed by atoms with Gasteiger partial charge in [-0.1, -0.05) is 27.7 Å². The van der Waals surface area contributed by atoms with Crippen LogP contribution in [0.25, 0.3) is 0 Å². The van der Waals surface area contributed by atoms with Crippen LogP contribution in [0.4, 0.5) is 19.2 Å². The predicted octanol–water partition coefficient (Wildman–Crippen LogP) is 6.62. The number of unbranched alkanes of at least 4 members (excludes halogenated alkanes) is 1. The van der Waals surface area contributed by atoms with E-state index in [1.807, 2.05) is 13.8 Å². The maximum absolute atomic E-state index is 12.6. The molecule has 16 atom stereocenters. The summed E-state index contributed by atoms with van der Waals surface area (Å²) < 4.78 is 69.9. The summed E-state index contributed by atoms with van der Waals surface area (Å²) in [6, 6.07) is 0. The lowest BCUT2D eigenvalue weighted by atomic mass is 9.58. The second-order valence-electron chi connectivity index (χ2n) is 23.0. The molecule has 0 aromatic rings. The molecular weight excluding hydrogens is 1020 g/mol. The molecule has 8 heterocycles. The normalized spacial score (nSPS) is 37.2. The molecule has 2 N–H and O–H groups in total. The van der Waals surface area contributed by atoms with Crippen LogP contribution in [-0.4, -0.2) is 188 Å². The summed E-state index contributed by atoms with van der Waals surface area (Å²) in [5.74, 6) is 0.267. The van der Waals surface area contributed by atoms with Crippen molar-refractivity contribution in [3.05, 3.63) is 0 Å². The molecule has 2 saturated carbocycles. The smallest absolute Gasteiger partial charge is 0.409 e. The summed E-state index contributed by atoms with van der Waals surface area (Å²) in [4.78, 5) is 77.1. The molecule has 8 aliphatic heterocycles. The molecule has 0 aromatic carbocycles. The van der Waals surface area contributed by atoms with Crippen molar-refractivity contribution in [3.8, 4) is 0 Å². The van der Waals surface area contributed by atoms with Crippen LogP contribution in [0, 0.1) is 47.3 Å². The topological polar surface area (TPSA) is 246 Å². The Bertz CT molecular complexity index is 1830. The molecule has 24 nitrogen and oxygen atoms in total. The summed E-state index contributed by atoms with van der Waals surface area (Å²) in [6.45, 7) is 16.2. The lowest BCUT2D eigenvalue weighted by Crippen LogP contribution is -2.70. The number of methoxy groups -OCH3 is 2. The molecule has 0 unspecified atom stereocenters. The third-order valence-electron chi connectivity index (χ3n) is 17.9. The van der Waals surface area contributed by atoms with E-state index in [0.29, 0.717) is 76.9 Å². The van der Waals surface area contributed by atoms with Gasteiger partial charge in [0.25, 0.3) is 0 Å². The number of fused-ring (bicyclic) bond motifs is 4. The highest BCUT2D eigenvalue weighted by Crippen LogP contribution is 2.62. The van der Waals surface area contributed by atoms with Crippen molar-refractivity contribution in [1.82, 2.24) is 20.4 Å². The molecule has 78 heavy (non-hydrogen) atoms. The minimum atomic E-state index is -0.851. The van der Waals surface area contributed by atoms with E-state index in [-0.39, 0.29) is 88.2 Å². The van der Waals surface area contributed by atoms with Crippen LogP contribution in [0.3, 0.4) is 0 Å². The van der Waals surface area contributed by atoms with Crippen molar-refractivity contribution < 1.29 is 95.6 Å². The largest absolute Gasteiger partial charge is 0.453 e. The number of rotatable bonds is 27. The van der Waals surface area contributed by atoms with Crippen molar-refractivity contribution in [3.63, 3.8) is 0 Å². The molecule has 0 radical (unpaired) electrons. The first kappa shape index (κ1) is 60.7. The fourth-order valence-electron chi connectivity index (χ4n) is 13.6. The van der Waals surface area contributed by atoms with Gasteiger partial charge in [0, 0.05) is 75.8 Å². The van der Waals surface area contributed by atoms with Gasteiger partial charge in [0.05, 0.1) is 53.9 Å². The molecule has 24 heteroatoms. The Morgan fingerprint density at radius 2 is 0.897 bits per heavy atom. The van der Waals surface area contributed by atoms with Gasteiger partial charge in [-0.2, -0.15) is 0 Å². The third-order valence-corrected chi connectivity index (χ3v) is 17.9. The summed E-state index contributed by atoms with van der Waals surface area (Å²) >= 11 is 0. The van der Waals surface area contributed by atoms with Crippen LogP contribution >= 0.6 is 0 Å². The van der Waals surface area contributed by atoms with E-state index in [4.69, 9.17) is 76.4 Å². The standard InChI is InChI=1S/C54H90N4O20/c1-35-13-15-41-37(3)43(71-45-53(41)39(35)17-19-51(5,73-45)75-77-53)67-31-27-65-29-33-69-47(59)55-21-11-25-57(49(61)63-7)23-9-10-24-58(50(62)64-8)26-12-22-56-48(60)70-34-30-66-28-32-68-44-38(4)42-16-14-36(2)40-18-20-52(6)74-46(72-44)54(40,42)78-76-52/h35-46H,9-34H2,1-8H3,(H,55,59)(H,56,60)/t35-,36-,37-,38-,39+,40+,41+,42+,43+,44+,45-,46-,51-,52-,53-,54-/m1/s1. The number of hydrogen-bond donors (Lipinski definition) is 2. The molecule has 0 aromatic heterocycles. The van der Waals surface area contributed by atoms with Crippen molar-refractivity contribution in [2.45, 2.75) is 167 Å². The Morgan fingerprint density at radius 3 is 1.31 bits per heavy atom. The first-order chi connectivity index (χ1) is 37.6. The highest BCUT2D eigenvalue weighted by atomic mass is 17.3. The number of nitrogens with one attached hydrogen (secondary N) is 2. The number of amides is 4. The first-order valence-electron chi connectivity index (χ1n) is 28.8. The van der Waals surface area contributed by atoms with Gasteiger partial charge in [0.15, 0.2) is 36.4 Å².